The van der Waals surface area contributed by atoms with Crippen molar-refractivity contribution in [1.29, 1.82) is 0 Å². The molecule has 4 N–H and O–H groups in total. The molecule has 0 saturated heterocycles. The number of hydrogen-bond donors (Lipinski definition) is 3. The number of alkyl halides is 3. The molecule has 0 spiro atoms. The van der Waals surface area contributed by atoms with Crippen molar-refractivity contribution in [2.45, 2.75) is 12.9 Å². The summed E-state index contributed by atoms with van der Waals surface area (Å²) in [6, 6.07) is 12.5. The number of nitrogens with zero attached hydrogens (tertiary/aromatic N) is 3. The quantitative estimate of drug-likeness (QED) is 0.267. The lowest BCUT2D eigenvalue weighted by Gasteiger charge is -2.12. The zero-order chi connectivity index (χ0) is 25.8. The molecule has 9 nitrogen and oxygen atoms in total. The Labute approximate surface area is 211 Å². The van der Waals surface area contributed by atoms with Crippen LogP contribution in [0, 0.1) is 0 Å². The highest BCUT2D eigenvalue weighted by Gasteiger charge is 2.30. The second-order valence-corrected chi connectivity index (χ2v) is 7.74. The number of nitrogens with one attached hydrogen (secondary N) is 2. The highest BCUT2D eigenvalue weighted by atomic mass is 35.5. The third-order valence-electron chi connectivity index (χ3n) is 4.51. The molecule has 0 aliphatic heterocycles. The van der Waals surface area contributed by atoms with Crippen LogP contribution in [0.25, 0.3) is 11.4 Å². The predicted molar refractivity (Wildman–Crippen MR) is 130 cm³/mol. The molecule has 0 amide bonds. The van der Waals surface area contributed by atoms with Crippen molar-refractivity contribution >= 4 is 23.5 Å². The van der Waals surface area contributed by atoms with E-state index in [9.17, 15) is 13.2 Å². The van der Waals surface area contributed by atoms with Gasteiger partial charge in [-0.25, -0.2) is 0 Å². The van der Waals surface area contributed by atoms with Gasteiger partial charge in [0.15, 0.2) is 5.82 Å². The maximum Gasteiger partial charge on any atom is 0.573 e. The van der Waals surface area contributed by atoms with E-state index in [1.54, 1.807) is 24.3 Å². The summed E-state index contributed by atoms with van der Waals surface area (Å²) in [4.78, 5) is 13.3. The molecule has 0 aliphatic carbocycles. The Bertz CT molecular complexity index is 1070. The molecule has 13 heteroatoms. The van der Waals surface area contributed by atoms with Gasteiger partial charge in [0.05, 0.1) is 26.4 Å². The first kappa shape index (κ1) is 27.4. The summed E-state index contributed by atoms with van der Waals surface area (Å²) >= 11 is 5.99. The Kier molecular flexibility index (Phi) is 10.5. The molecule has 0 radical (unpaired) electrons. The molecular formula is C23H26ClF3N6O3. The molecule has 3 aromatic rings. The second-order valence-electron chi connectivity index (χ2n) is 7.30. The fourth-order valence-electron chi connectivity index (χ4n) is 2.89. The van der Waals surface area contributed by atoms with Crippen LogP contribution >= 0.6 is 11.6 Å². The molecule has 3 rings (SSSR count). The van der Waals surface area contributed by atoms with Crippen molar-refractivity contribution in [3.05, 3.63) is 59.1 Å². The van der Waals surface area contributed by atoms with Crippen LogP contribution in [0.3, 0.4) is 0 Å². The summed E-state index contributed by atoms with van der Waals surface area (Å²) in [6.07, 6.45) is -4.74. The van der Waals surface area contributed by atoms with Gasteiger partial charge in [0, 0.05) is 30.2 Å². The van der Waals surface area contributed by atoms with Crippen molar-refractivity contribution in [3.8, 4) is 17.1 Å². The minimum Gasteiger partial charge on any atom is -0.406 e. The zero-order valence-corrected chi connectivity index (χ0v) is 20.0. The van der Waals surface area contributed by atoms with Gasteiger partial charge in [0.1, 0.15) is 5.75 Å². The fraction of sp³-hybridized carbons (Fsp3) is 0.348. The van der Waals surface area contributed by atoms with Gasteiger partial charge >= 0.3 is 6.36 Å². The maximum absolute atomic E-state index is 12.4. The molecule has 194 valence electrons. The maximum atomic E-state index is 12.4. The Morgan fingerprint density at radius 1 is 0.806 bits per heavy atom. The van der Waals surface area contributed by atoms with Crippen molar-refractivity contribution in [3.63, 3.8) is 0 Å². The van der Waals surface area contributed by atoms with E-state index in [0.717, 1.165) is 5.56 Å². The van der Waals surface area contributed by atoms with E-state index in [1.807, 2.05) is 0 Å². The van der Waals surface area contributed by atoms with E-state index in [1.165, 1.54) is 24.3 Å². The predicted octanol–water partition coefficient (Wildman–Crippen LogP) is 4.11. The van der Waals surface area contributed by atoms with Crippen LogP contribution in [0.5, 0.6) is 5.75 Å². The summed E-state index contributed by atoms with van der Waals surface area (Å²) in [5.74, 6) is 0.728. The summed E-state index contributed by atoms with van der Waals surface area (Å²) in [7, 11) is 0. The minimum absolute atomic E-state index is 0.266. The summed E-state index contributed by atoms with van der Waals surface area (Å²) in [6.45, 7) is 2.97. The van der Waals surface area contributed by atoms with Crippen LogP contribution in [-0.4, -0.2) is 60.8 Å². The number of anilines is 2. The fourth-order valence-corrected chi connectivity index (χ4v) is 3.02. The first-order valence-electron chi connectivity index (χ1n) is 11.0. The lowest BCUT2D eigenvalue weighted by molar-refractivity contribution is -0.274. The number of aromatic nitrogens is 3. The first-order valence-corrected chi connectivity index (χ1v) is 11.4. The van der Waals surface area contributed by atoms with Gasteiger partial charge in [0.25, 0.3) is 0 Å². The number of nitrogens with two attached hydrogens (primary N) is 1. The topological polar surface area (TPSA) is 116 Å². The largest absolute Gasteiger partial charge is 0.573 e. The SMILES string of the molecule is NCCOCCOCCNc1nc(NCc2ccc(OC(F)(F)F)cc2)nc(-c2ccc(Cl)cc2)n1. The monoisotopic (exact) mass is 526 g/mol. The molecule has 1 heterocycles. The third kappa shape index (κ3) is 9.82. The summed E-state index contributed by atoms with van der Waals surface area (Å²) < 4.78 is 51.7. The normalized spacial score (nSPS) is 11.4. The van der Waals surface area contributed by atoms with Crippen LogP contribution in [0.4, 0.5) is 25.1 Å². The van der Waals surface area contributed by atoms with Gasteiger partial charge in [-0.15, -0.1) is 13.2 Å². The number of ether oxygens (including phenoxy) is 3. The van der Waals surface area contributed by atoms with E-state index < -0.39 is 6.36 Å². The van der Waals surface area contributed by atoms with Crippen LogP contribution in [0.1, 0.15) is 5.56 Å². The van der Waals surface area contributed by atoms with E-state index in [-0.39, 0.29) is 18.2 Å². The Morgan fingerprint density at radius 3 is 2.08 bits per heavy atom. The number of benzene rings is 2. The van der Waals surface area contributed by atoms with Gasteiger partial charge in [0.2, 0.25) is 11.9 Å². The van der Waals surface area contributed by atoms with E-state index >= 15 is 0 Å². The molecule has 0 fully saturated rings. The molecule has 0 aliphatic rings. The lowest BCUT2D eigenvalue weighted by atomic mass is 10.2. The first-order chi connectivity index (χ1) is 17.3. The summed E-state index contributed by atoms with van der Waals surface area (Å²) in [5.41, 5.74) is 6.80. The molecule has 36 heavy (non-hydrogen) atoms. The van der Waals surface area contributed by atoms with E-state index in [0.29, 0.717) is 61.9 Å². The van der Waals surface area contributed by atoms with Crippen LogP contribution in [0.2, 0.25) is 5.02 Å². The number of hydrogen-bond acceptors (Lipinski definition) is 9. The van der Waals surface area contributed by atoms with Crippen LogP contribution < -0.4 is 21.1 Å². The molecule has 0 unspecified atom stereocenters. The van der Waals surface area contributed by atoms with Gasteiger partial charge < -0.3 is 30.6 Å². The molecular weight excluding hydrogens is 501 g/mol. The van der Waals surface area contributed by atoms with Gasteiger partial charge in [-0.1, -0.05) is 23.7 Å². The summed E-state index contributed by atoms with van der Waals surface area (Å²) in [5, 5.41) is 6.75. The van der Waals surface area contributed by atoms with Gasteiger partial charge in [-0.2, -0.15) is 15.0 Å². The Hall–Kier alpha value is -3.19. The highest BCUT2D eigenvalue weighted by Crippen LogP contribution is 2.23. The number of halogens is 4. The van der Waals surface area contributed by atoms with Crippen molar-refractivity contribution in [2.75, 3.05) is 50.2 Å². The lowest BCUT2D eigenvalue weighted by Crippen LogP contribution is -2.17. The van der Waals surface area contributed by atoms with Crippen LogP contribution in [-0.2, 0) is 16.0 Å². The third-order valence-corrected chi connectivity index (χ3v) is 4.76. The average Bonchev–Trinajstić information content (AvgIpc) is 2.85. The van der Waals surface area contributed by atoms with E-state index in [2.05, 4.69) is 30.3 Å². The number of rotatable bonds is 14. The van der Waals surface area contributed by atoms with E-state index in [4.69, 9.17) is 26.8 Å². The smallest absolute Gasteiger partial charge is 0.406 e. The zero-order valence-electron chi connectivity index (χ0n) is 19.2. The standard InChI is InChI=1S/C23H26ClF3N6O3/c24-18-5-3-17(4-6-18)20-31-21(29-10-12-35-14-13-34-11-9-28)33-22(32-20)30-15-16-1-7-19(8-2-16)36-23(25,26)27/h1-8H,9-15,28H2,(H2,29,30,31,32,33). The molecule has 0 atom stereocenters. The Morgan fingerprint density at radius 2 is 1.44 bits per heavy atom. The van der Waals surface area contributed by atoms with Crippen LogP contribution in [0.15, 0.2) is 48.5 Å². The van der Waals surface area contributed by atoms with Gasteiger partial charge in [-0.3, -0.25) is 0 Å². The van der Waals surface area contributed by atoms with Crippen molar-refractivity contribution < 1.29 is 27.4 Å². The minimum atomic E-state index is -4.74. The second kappa shape index (κ2) is 13.8. The van der Waals surface area contributed by atoms with Crippen molar-refractivity contribution in [1.82, 2.24) is 15.0 Å². The molecule has 0 saturated carbocycles. The molecule has 0 bridgehead atoms. The highest BCUT2D eigenvalue weighted by molar-refractivity contribution is 6.30. The van der Waals surface area contributed by atoms with Crippen molar-refractivity contribution in [2.24, 2.45) is 5.73 Å². The van der Waals surface area contributed by atoms with Gasteiger partial charge in [-0.05, 0) is 42.0 Å². The average molecular weight is 527 g/mol. The molecule has 2 aromatic carbocycles. The Balaban J connectivity index is 1.63. The molecule has 1 aromatic heterocycles.